The van der Waals surface area contributed by atoms with E-state index in [1.807, 2.05) is 6.26 Å². The molecule has 0 aliphatic carbocycles. The average Bonchev–Trinajstić information content (AvgIpc) is 2.83. The maximum absolute atomic E-state index is 9.57. The number of ether oxygens (including phenoxy) is 1. The zero-order valence-corrected chi connectivity index (χ0v) is 12.4. The molecule has 0 bridgehead atoms. The van der Waals surface area contributed by atoms with Gasteiger partial charge in [-0.3, -0.25) is 0 Å². The van der Waals surface area contributed by atoms with Crippen LogP contribution < -0.4 is 5.32 Å². The number of anilines is 1. The number of aromatic nitrogens is 3. The van der Waals surface area contributed by atoms with Crippen molar-refractivity contribution in [2.75, 3.05) is 31.8 Å². The van der Waals surface area contributed by atoms with Crippen molar-refractivity contribution in [1.29, 1.82) is 0 Å². The molecule has 8 heteroatoms. The number of hydrogen-bond donors (Lipinski definition) is 2. The molecule has 0 saturated carbocycles. The van der Waals surface area contributed by atoms with Crippen LogP contribution in [-0.2, 0) is 4.74 Å². The highest BCUT2D eigenvalue weighted by Gasteiger charge is 2.10. The van der Waals surface area contributed by atoms with E-state index >= 15 is 0 Å². The van der Waals surface area contributed by atoms with Crippen LogP contribution in [0.15, 0.2) is 10.7 Å². The molecular weight excluding hydrogens is 284 g/mol. The van der Waals surface area contributed by atoms with E-state index in [1.165, 1.54) is 6.33 Å². The van der Waals surface area contributed by atoms with Crippen molar-refractivity contribution < 1.29 is 9.84 Å². The molecule has 2 rings (SSSR count). The third-order valence-electron chi connectivity index (χ3n) is 2.48. The van der Waals surface area contributed by atoms with Gasteiger partial charge in [-0.25, -0.2) is 15.0 Å². The highest BCUT2D eigenvalue weighted by atomic mass is 32.2. The summed E-state index contributed by atoms with van der Waals surface area (Å²) in [4.78, 5) is 12.8. The van der Waals surface area contributed by atoms with Crippen LogP contribution in [-0.4, -0.2) is 52.7 Å². The Bertz CT molecular complexity index is 534. The topological polar surface area (TPSA) is 80.2 Å². The van der Waals surface area contributed by atoms with Gasteiger partial charge >= 0.3 is 0 Å². The van der Waals surface area contributed by atoms with Gasteiger partial charge in [-0.05, 0) is 12.7 Å². The molecule has 19 heavy (non-hydrogen) atoms. The van der Waals surface area contributed by atoms with Crippen LogP contribution in [0.25, 0.3) is 10.3 Å². The molecule has 2 aromatic heterocycles. The molecule has 2 N–H and O–H groups in total. The second kappa shape index (κ2) is 6.99. The number of aliphatic hydroxyl groups excluding tert-OH is 1. The molecule has 0 aliphatic heterocycles. The Kier molecular flexibility index (Phi) is 5.32. The summed E-state index contributed by atoms with van der Waals surface area (Å²) in [5.74, 6) is 0.771. The quantitative estimate of drug-likeness (QED) is 0.752. The predicted octanol–water partition coefficient (Wildman–Crippen LogP) is 1.62. The van der Waals surface area contributed by atoms with E-state index in [9.17, 15) is 5.11 Å². The number of thiazole rings is 1. The first kappa shape index (κ1) is 14.4. The van der Waals surface area contributed by atoms with Gasteiger partial charge in [0.1, 0.15) is 16.8 Å². The number of methoxy groups -OCH3 is 1. The van der Waals surface area contributed by atoms with E-state index in [1.54, 1.807) is 30.2 Å². The Morgan fingerprint density at radius 1 is 1.53 bits per heavy atom. The molecule has 0 saturated heterocycles. The maximum atomic E-state index is 9.57. The predicted molar refractivity (Wildman–Crippen MR) is 78.0 cm³/mol. The molecule has 0 radical (unpaired) electrons. The lowest BCUT2D eigenvalue weighted by Gasteiger charge is -2.10. The van der Waals surface area contributed by atoms with Gasteiger partial charge in [-0.1, -0.05) is 11.8 Å². The largest absolute Gasteiger partial charge is 0.391 e. The van der Waals surface area contributed by atoms with Crippen molar-refractivity contribution >= 4 is 39.3 Å². The minimum Gasteiger partial charge on any atom is -0.391 e. The summed E-state index contributed by atoms with van der Waals surface area (Å²) < 4.78 is 6.80. The number of nitrogens with one attached hydrogen (secondary N) is 1. The molecule has 0 aliphatic rings. The normalized spacial score (nSPS) is 12.8. The minimum atomic E-state index is -0.460. The monoisotopic (exact) mass is 300 g/mol. The van der Waals surface area contributed by atoms with Crippen LogP contribution in [0.4, 0.5) is 5.82 Å². The fourth-order valence-electron chi connectivity index (χ4n) is 1.58. The summed E-state index contributed by atoms with van der Waals surface area (Å²) >= 11 is 3.16. The highest BCUT2D eigenvalue weighted by Crippen LogP contribution is 2.30. The van der Waals surface area contributed by atoms with Gasteiger partial charge in [0.15, 0.2) is 9.99 Å². The molecule has 0 fully saturated rings. The Labute approximate surface area is 119 Å². The Hall–Kier alpha value is -0.960. The smallest absolute Gasteiger partial charge is 0.176 e. The van der Waals surface area contributed by atoms with Crippen LogP contribution in [0.5, 0.6) is 0 Å². The first-order valence-corrected chi connectivity index (χ1v) is 7.85. The first-order valence-electron chi connectivity index (χ1n) is 5.81. The van der Waals surface area contributed by atoms with Gasteiger partial charge in [0.05, 0.1) is 12.7 Å². The third-order valence-corrected chi connectivity index (χ3v) is 4.51. The number of nitrogens with zero attached hydrogens (tertiary/aromatic N) is 3. The van der Waals surface area contributed by atoms with Crippen molar-refractivity contribution in [3.05, 3.63) is 6.33 Å². The van der Waals surface area contributed by atoms with Crippen molar-refractivity contribution in [2.45, 2.75) is 16.9 Å². The van der Waals surface area contributed by atoms with Crippen LogP contribution in [0, 0.1) is 0 Å². The molecular formula is C11H16N4O2S2. The number of rotatable bonds is 7. The minimum absolute atomic E-state index is 0.345. The fraction of sp³-hybridized carbons (Fsp3) is 0.545. The lowest BCUT2D eigenvalue weighted by molar-refractivity contribution is 0.0615. The lowest BCUT2D eigenvalue weighted by Crippen LogP contribution is -2.18. The summed E-state index contributed by atoms with van der Waals surface area (Å²) in [6, 6.07) is 0. The fourth-order valence-corrected chi connectivity index (χ4v) is 3.06. The number of hydrogen-bond acceptors (Lipinski definition) is 8. The SMILES string of the molecule is COCC(O)CCNc1ncnc2nc(SC)sc12. The molecule has 0 amide bonds. The highest BCUT2D eigenvalue weighted by molar-refractivity contribution is 8.00. The molecule has 0 spiro atoms. The number of aliphatic hydroxyl groups is 1. The summed E-state index contributed by atoms with van der Waals surface area (Å²) in [7, 11) is 1.58. The Morgan fingerprint density at radius 3 is 3.11 bits per heavy atom. The molecule has 6 nitrogen and oxygen atoms in total. The molecule has 2 heterocycles. The van der Waals surface area contributed by atoms with E-state index in [0.29, 0.717) is 25.2 Å². The summed E-state index contributed by atoms with van der Waals surface area (Å²) in [6.07, 6.45) is 3.63. The van der Waals surface area contributed by atoms with Gasteiger partial charge in [-0.15, -0.1) is 11.3 Å². The summed E-state index contributed by atoms with van der Waals surface area (Å²) in [6.45, 7) is 0.973. The molecule has 1 unspecified atom stereocenters. The summed E-state index contributed by atoms with van der Waals surface area (Å²) in [5.41, 5.74) is 0.712. The summed E-state index contributed by atoms with van der Waals surface area (Å²) in [5, 5.41) is 12.8. The van der Waals surface area contributed by atoms with Crippen LogP contribution >= 0.6 is 23.1 Å². The average molecular weight is 300 g/mol. The zero-order valence-electron chi connectivity index (χ0n) is 10.8. The zero-order chi connectivity index (χ0) is 13.7. The van der Waals surface area contributed by atoms with E-state index in [4.69, 9.17) is 4.74 Å². The van der Waals surface area contributed by atoms with Gasteiger partial charge in [0.2, 0.25) is 0 Å². The lowest BCUT2D eigenvalue weighted by atomic mass is 10.2. The van der Waals surface area contributed by atoms with Crippen molar-refractivity contribution in [3.63, 3.8) is 0 Å². The van der Waals surface area contributed by atoms with Crippen LogP contribution in [0.3, 0.4) is 0 Å². The van der Waals surface area contributed by atoms with Gasteiger partial charge in [0, 0.05) is 13.7 Å². The Morgan fingerprint density at radius 2 is 2.37 bits per heavy atom. The molecule has 2 aromatic rings. The van der Waals surface area contributed by atoms with Crippen LogP contribution in [0.2, 0.25) is 0 Å². The maximum Gasteiger partial charge on any atom is 0.176 e. The first-order chi connectivity index (χ1) is 9.24. The standard InChI is InChI=1S/C11H16N4O2S2/c1-17-5-7(16)3-4-12-9-8-10(14-6-13-9)15-11(18-2)19-8/h6-7,16H,3-5H2,1-2H3,(H,12,13,14). The molecule has 1 atom stereocenters. The van der Waals surface area contributed by atoms with E-state index in [-0.39, 0.29) is 0 Å². The second-order valence-electron chi connectivity index (χ2n) is 3.88. The van der Waals surface area contributed by atoms with Gasteiger partial charge in [-0.2, -0.15) is 0 Å². The van der Waals surface area contributed by atoms with Crippen molar-refractivity contribution in [1.82, 2.24) is 15.0 Å². The van der Waals surface area contributed by atoms with Crippen molar-refractivity contribution in [2.24, 2.45) is 0 Å². The molecule has 0 aromatic carbocycles. The van der Waals surface area contributed by atoms with E-state index in [2.05, 4.69) is 20.3 Å². The second-order valence-corrected chi connectivity index (χ2v) is 5.94. The number of fused-ring (bicyclic) bond motifs is 1. The van der Waals surface area contributed by atoms with E-state index < -0.39 is 6.10 Å². The van der Waals surface area contributed by atoms with Crippen LogP contribution in [0.1, 0.15) is 6.42 Å². The van der Waals surface area contributed by atoms with Crippen molar-refractivity contribution in [3.8, 4) is 0 Å². The third kappa shape index (κ3) is 3.75. The van der Waals surface area contributed by atoms with E-state index in [0.717, 1.165) is 14.9 Å². The Balaban J connectivity index is 2.02. The van der Waals surface area contributed by atoms with Gasteiger partial charge in [0.25, 0.3) is 0 Å². The molecule has 104 valence electrons. The van der Waals surface area contributed by atoms with Gasteiger partial charge < -0.3 is 15.2 Å². The number of thioether (sulfide) groups is 1.